The number of hydrogen-bond acceptors (Lipinski definition) is 2. The maximum atomic E-state index is 11.9. The van der Waals surface area contributed by atoms with E-state index in [1.54, 1.807) is 0 Å². The zero-order valence-corrected chi connectivity index (χ0v) is 11.1. The molecule has 0 amide bonds. The molecular formula is C15H21NO2. The lowest BCUT2D eigenvalue weighted by molar-refractivity contribution is 0.0969. The number of Topliss-reactive ketones (excluding diaryl/α,β-unsaturated/α-hetero) is 1. The number of ketones is 1. The van der Waals surface area contributed by atoms with Gasteiger partial charge in [0.1, 0.15) is 0 Å². The fourth-order valence-electron chi connectivity index (χ4n) is 3.25. The van der Waals surface area contributed by atoms with Crippen molar-refractivity contribution < 1.29 is 9.53 Å². The van der Waals surface area contributed by atoms with Crippen molar-refractivity contribution in [1.29, 1.82) is 0 Å². The minimum atomic E-state index is 0.329. The van der Waals surface area contributed by atoms with Crippen molar-refractivity contribution in [3.05, 3.63) is 23.0 Å². The second-order valence-corrected chi connectivity index (χ2v) is 5.50. The summed E-state index contributed by atoms with van der Waals surface area (Å²) in [5.74, 6) is 0.329. The zero-order chi connectivity index (χ0) is 12.5. The van der Waals surface area contributed by atoms with E-state index >= 15 is 0 Å². The quantitative estimate of drug-likeness (QED) is 0.822. The Morgan fingerprint density at radius 1 is 1.39 bits per heavy atom. The predicted molar refractivity (Wildman–Crippen MR) is 70.0 cm³/mol. The van der Waals surface area contributed by atoms with E-state index < -0.39 is 0 Å². The summed E-state index contributed by atoms with van der Waals surface area (Å²) < 4.78 is 8.02. The monoisotopic (exact) mass is 247 g/mol. The molecule has 1 aliphatic heterocycles. The summed E-state index contributed by atoms with van der Waals surface area (Å²) in [6.07, 6.45) is 6.70. The summed E-state index contributed by atoms with van der Waals surface area (Å²) in [6, 6.07) is 2.08. The van der Waals surface area contributed by atoms with Crippen molar-refractivity contribution in [2.45, 2.75) is 58.1 Å². The Hall–Kier alpha value is -1.09. The molecule has 0 radical (unpaired) electrons. The average Bonchev–Trinajstić information content (AvgIpc) is 2.95. The summed E-state index contributed by atoms with van der Waals surface area (Å²) in [5, 5.41) is 0. The zero-order valence-electron chi connectivity index (χ0n) is 11.1. The highest BCUT2D eigenvalue weighted by molar-refractivity contribution is 5.98. The molecule has 0 aromatic carbocycles. The molecule has 1 atom stereocenters. The van der Waals surface area contributed by atoms with Gasteiger partial charge in [0.15, 0.2) is 5.78 Å². The summed E-state index contributed by atoms with van der Waals surface area (Å²) in [4.78, 5) is 11.9. The molecule has 0 N–H and O–H groups in total. The second kappa shape index (κ2) is 4.88. The first kappa shape index (κ1) is 12.0. The van der Waals surface area contributed by atoms with Crippen LogP contribution >= 0.6 is 0 Å². The van der Waals surface area contributed by atoms with Crippen LogP contribution in [0.3, 0.4) is 0 Å². The average molecular weight is 247 g/mol. The fraction of sp³-hybridized carbons (Fsp3) is 0.667. The Morgan fingerprint density at radius 2 is 2.28 bits per heavy atom. The SMILES string of the molecule is Cc1cc2c(n1CCC1CCCO1)CCCC2=O. The maximum absolute atomic E-state index is 11.9. The Labute approximate surface area is 108 Å². The van der Waals surface area contributed by atoms with Crippen molar-refractivity contribution in [3.63, 3.8) is 0 Å². The number of aryl methyl sites for hydroxylation is 1. The van der Waals surface area contributed by atoms with Crippen molar-refractivity contribution in [1.82, 2.24) is 4.57 Å². The van der Waals surface area contributed by atoms with Crippen LogP contribution in [0.25, 0.3) is 0 Å². The van der Waals surface area contributed by atoms with Crippen LogP contribution < -0.4 is 0 Å². The van der Waals surface area contributed by atoms with Gasteiger partial charge in [-0.05, 0) is 45.1 Å². The van der Waals surface area contributed by atoms with Gasteiger partial charge in [-0.2, -0.15) is 0 Å². The number of hydrogen-bond donors (Lipinski definition) is 0. The second-order valence-electron chi connectivity index (χ2n) is 5.50. The topological polar surface area (TPSA) is 31.2 Å². The Morgan fingerprint density at radius 3 is 3.06 bits per heavy atom. The van der Waals surface area contributed by atoms with Gasteiger partial charge in [0.25, 0.3) is 0 Å². The molecule has 3 heteroatoms. The van der Waals surface area contributed by atoms with Gasteiger partial charge in [-0.15, -0.1) is 0 Å². The van der Waals surface area contributed by atoms with Crippen molar-refractivity contribution in [2.24, 2.45) is 0 Å². The maximum Gasteiger partial charge on any atom is 0.164 e. The molecule has 1 unspecified atom stereocenters. The molecular weight excluding hydrogens is 226 g/mol. The van der Waals surface area contributed by atoms with E-state index in [-0.39, 0.29) is 0 Å². The van der Waals surface area contributed by atoms with E-state index in [2.05, 4.69) is 17.6 Å². The van der Waals surface area contributed by atoms with Crippen LogP contribution in [0.15, 0.2) is 6.07 Å². The standard InChI is InChI=1S/C15H21NO2/c1-11-10-13-14(5-2-6-15(13)17)16(11)8-7-12-4-3-9-18-12/h10,12H,2-9H2,1H3. The van der Waals surface area contributed by atoms with Crippen LogP contribution in [0.1, 0.15) is 53.8 Å². The van der Waals surface area contributed by atoms with Crippen molar-refractivity contribution >= 4 is 5.78 Å². The number of carbonyl (C=O) groups is 1. The van der Waals surface area contributed by atoms with Gasteiger partial charge in [0.05, 0.1) is 6.10 Å². The molecule has 0 spiro atoms. The fourth-order valence-corrected chi connectivity index (χ4v) is 3.25. The largest absolute Gasteiger partial charge is 0.378 e. The van der Waals surface area contributed by atoms with Gasteiger partial charge in [0, 0.05) is 36.5 Å². The lowest BCUT2D eigenvalue weighted by Gasteiger charge is -2.17. The van der Waals surface area contributed by atoms with E-state index in [0.717, 1.165) is 44.4 Å². The third kappa shape index (κ3) is 2.12. The molecule has 1 aliphatic carbocycles. The molecule has 3 rings (SSSR count). The van der Waals surface area contributed by atoms with E-state index in [1.807, 2.05) is 0 Å². The van der Waals surface area contributed by atoms with E-state index in [9.17, 15) is 4.79 Å². The number of aromatic nitrogens is 1. The number of fused-ring (bicyclic) bond motifs is 1. The number of carbonyl (C=O) groups excluding carboxylic acids is 1. The summed E-state index contributed by atoms with van der Waals surface area (Å²) in [6.45, 7) is 4.03. The minimum Gasteiger partial charge on any atom is -0.378 e. The smallest absolute Gasteiger partial charge is 0.164 e. The lowest BCUT2D eigenvalue weighted by Crippen LogP contribution is -2.16. The van der Waals surface area contributed by atoms with Crippen molar-refractivity contribution in [2.75, 3.05) is 6.61 Å². The molecule has 2 aliphatic rings. The first-order valence-electron chi connectivity index (χ1n) is 7.09. The molecule has 3 nitrogen and oxygen atoms in total. The van der Waals surface area contributed by atoms with Crippen LogP contribution in [0.4, 0.5) is 0 Å². The molecule has 1 aromatic heterocycles. The number of ether oxygens (including phenoxy) is 1. The molecule has 1 saturated heterocycles. The van der Waals surface area contributed by atoms with Crippen LogP contribution in [-0.4, -0.2) is 23.1 Å². The summed E-state index contributed by atoms with van der Waals surface area (Å²) in [7, 11) is 0. The Bertz CT molecular complexity index is 455. The number of nitrogens with zero attached hydrogens (tertiary/aromatic N) is 1. The van der Waals surface area contributed by atoms with Crippen LogP contribution in [0.2, 0.25) is 0 Å². The van der Waals surface area contributed by atoms with E-state index in [4.69, 9.17) is 4.74 Å². The molecule has 98 valence electrons. The van der Waals surface area contributed by atoms with Gasteiger partial charge < -0.3 is 9.30 Å². The first-order valence-corrected chi connectivity index (χ1v) is 7.09. The Balaban J connectivity index is 1.76. The van der Waals surface area contributed by atoms with Crippen molar-refractivity contribution in [3.8, 4) is 0 Å². The molecule has 18 heavy (non-hydrogen) atoms. The highest BCUT2D eigenvalue weighted by Crippen LogP contribution is 2.26. The molecule has 0 bridgehead atoms. The molecule has 1 fully saturated rings. The van der Waals surface area contributed by atoms with Gasteiger partial charge in [-0.25, -0.2) is 0 Å². The van der Waals surface area contributed by atoms with Gasteiger partial charge in [-0.1, -0.05) is 0 Å². The lowest BCUT2D eigenvalue weighted by atomic mass is 9.96. The van der Waals surface area contributed by atoms with Crippen LogP contribution in [0, 0.1) is 6.92 Å². The summed E-state index contributed by atoms with van der Waals surface area (Å²) in [5.41, 5.74) is 3.47. The molecule has 2 heterocycles. The Kier molecular flexibility index (Phi) is 3.25. The molecule has 0 saturated carbocycles. The number of rotatable bonds is 3. The third-order valence-corrected chi connectivity index (χ3v) is 4.23. The predicted octanol–water partition coefficient (Wildman–Crippen LogP) is 2.88. The third-order valence-electron chi connectivity index (χ3n) is 4.23. The van der Waals surface area contributed by atoms with Gasteiger partial charge in [-0.3, -0.25) is 4.79 Å². The van der Waals surface area contributed by atoms with Crippen LogP contribution in [-0.2, 0) is 17.7 Å². The van der Waals surface area contributed by atoms with Gasteiger partial charge in [0.2, 0.25) is 0 Å². The van der Waals surface area contributed by atoms with E-state index in [1.165, 1.54) is 24.2 Å². The minimum absolute atomic E-state index is 0.329. The molecule has 1 aromatic rings. The van der Waals surface area contributed by atoms with Crippen LogP contribution in [0.5, 0.6) is 0 Å². The van der Waals surface area contributed by atoms with E-state index in [0.29, 0.717) is 11.9 Å². The normalized spacial score (nSPS) is 23.4. The van der Waals surface area contributed by atoms with Gasteiger partial charge >= 0.3 is 0 Å². The first-order chi connectivity index (χ1) is 8.75. The highest BCUT2D eigenvalue weighted by Gasteiger charge is 2.23. The highest BCUT2D eigenvalue weighted by atomic mass is 16.5. The summed E-state index contributed by atoms with van der Waals surface area (Å²) >= 11 is 0.